The largest absolute Gasteiger partial charge is 0.308 e. The van der Waals surface area contributed by atoms with Gasteiger partial charge in [-0.15, -0.1) is 0 Å². The molecule has 1 aliphatic carbocycles. The fraction of sp³-hybridized carbons (Fsp3) is 0.438. The summed E-state index contributed by atoms with van der Waals surface area (Å²) >= 11 is 0. The zero-order chi connectivity index (χ0) is 15.7. The minimum atomic E-state index is -3.50. The zero-order valence-electron chi connectivity index (χ0n) is 12.6. The van der Waals surface area contributed by atoms with Crippen LogP contribution >= 0.6 is 0 Å². The molecule has 1 heterocycles. The van der Waals surface area contributed by atoms with Gasteiger partial charge in [-0.1, -0.05) is 19.1 Å². The summed E-state index contributed by atoms with van der Waals surface area (Å²) in [6, 6.07) is 5.04. The first-order valence-electron chi connectivity index (χ1n) is 7.66. The molecule has 0 saturated heterocycles. The van der Waals surface area contributed by atoms with Crippen molar-refractivity contribution < 1.29 is 13.2 Å². The summed E-state index contributed by atoms with van der Waals surface area (Å²) in [4.78, 5) is 14.5. The van der Waals surface area contributed by atoms with Crippen molar-refractivity contribution >= 4 is 21.6 Å². The number of allylic oxidation sites excluding steroid dienone is 1. The number of anilines is 1. The first-order valence-corrected chi connectivity index (χ1v) is 9.15. The first-order chi connectivity index (χ1) is 10.5. The van der Waals surface area contributed by atoms with Gasteiger partial charge in [0.05, 0.1) is 4.90 Å². The van der Waals surface area contributed by atoms with Crippen LogP contribution in [0.25, 0.3) is 0 Å². The Morgan fingerprint density at radius 3 is 2.82 bits per heavy atom. The number of sulfonamides is 1. The smallest absolute Gasteiger partial charge is 0.253 e. The summed E-state index contributed by atoms with van der Waals surface area (Å²) in [5.74, 6) is 0.0225. The summed E-state index contributed by atoms with van der Waals surface area (Å²) in [7, 11) is -3.50. The summed E-state index contributed by atoms with van der Waals surface area (Å²) < 4.78 is 26.8. The summed E-state index contributed by atoms with van der Waals surface area (Å²) in [5.41, 5.74) is 2.62. The van der Waals surface area contributed by atoms with Crippen molar-refractivity contribution in [1.29, 1.82) is 0 Å². The first kappa shape index (κ1) is 15.2. The third kappa shape index (κ3) is 2.68. The van der Waals surface area contributed by atoms with E-state index in [0.29, 0.717) is 13.1 Å². The second kappa shape index (κ2) is 5.85. The zero-order valence-corrected chi connectivity index (χ0v) is 13.4. The van der Waals surface area contributed by atoms with Gasteiger partial charge in [0.1, 0.15) is 0 Å². The van der Waals surface area contributed by atoms with E-state index in [2.05, 4.69) is 4.72 Å². The Kier molecular flexibility index (Phi) is 4.06. The number of nitrogens with zero attached hydrogens (tertiary/aromatic N) is 1. The molecule has 0 radical (unpaired) electrons. The van der Waals surface area contributed by atoms with Gasteiger partial charge in [-0.25, -0.2) is 13.1 Å². The van der Waals surface area contributed by atoms with Crippen LogP contribution in [0.1, 0.15) is 31.7 Å². The third-order valence-corrected chi connectivity index (χ3v) is 5.70. The predicted octanol–water partition coefficient (Wildman–Crippen LogP) is 1.98. The Morgan fingerprint density at radius 1 is 1.32 bits per heavy atom. The molecule has 2 aliphatic rings. The van der Waals surface area contributed by atoms with Crippen LogP contribution in [0.5, 0.6) is 0 Å². The quantitative estimate of drug-likeness (QED) is 0.922. The number of amides is 1. The van der Waals surface area contributed by atoms with Crippen molar-refractivity contribution in [3.8, 4) is 0 Å². The van der Waals surface area contributed by atoms with E-state index in [1.165, 1.54) is 0 Å². The molecule has 118 valence electrons. The van der Waals surface area contributed by atoms with Crippen LogP contribution in [-0.2, 0) is 21.2 Å². The van der Waals surface area contributed by atoms with E-state index in [0.717, 1.165) is 42.5 Å². The van der Waals surface area contributed by atoms with Crippen LogP contribution in [0.15, 0.2) is 34.7 Å². The average molecular weight is 320 g/mol. The fourth-order valence-electron chi connectivity index (χ4n) is 3.05. The lowest BCUT2D eigenvalue weighted by molar-refractivity contribution is -0.115. The van der Waals surface area contributed by atoms with E-state index in [-0.39, 0.29) is 10.8 Å². The Bertz CT molecular complexity index is 738. The van der Waals surface area contributed by atoms with E-state index in [4.69, 9.17) is 0 Å². The topological polar surface area (TPSA) is 66.5 Å². The molecule has 6 heteroatoms. The molecular formula is C16H20N2O3S. The SMILES string of the molecule is CCNS(=O)(=O)c1ccc2c(c1)N(C(=O)C1=CCCC1)CC2. The second-order valence-corrected chi connectivity index (χ2v) is 7.39. The summed E-state index contributed by atoms with van der Waals surface area (Å²) in [6.07, 6.45) is 5.57. The van der Waals surface area contributed by atoms with Crippen LogP contribution in [0.2, 0.25) is 0 Å². The van der Waals surface area contributed by atoms with Gasteiger partial charge in [-0.05, 0) is 43.4 Å². The number of fused-ring (bicyclic) bond motifs is 1. The molecule has 0 fully saturated rings. The van der Waals surface area contributed by atoms with Crippen LogP contribution in [0, 0.1) is 0 Å². The van der Waals surface area contributed by atoms with E-state index in [1.807, 2.05) is 12.1 Å². The van der Waals surface area contributed by atoms with Crippen molar-refractivity contribution in [2.24, 2.45) is 0 Å². The lowest BCUT2D eigenvalue weighted by atomic mass is 10.1. The molecule has 0 atom stereocenters. The number of hydrogen-bond donors (Lipinski definition) is 1. The average Bonchev–Trinajstić information content (AvgIpc) is 3.15. The molecule has 0 saturated carbocycles. The van der Waals surface area contributed by atoms with Gasteiger partial charge in [0.2, 0.25) is 10.0 Å². The van der Waals surface area contributed by atoms with Gasteiger partial charge in [0, 0.05) is 24.4 Å². The molecule has 0 unspecified atom stereocenters. The molecule has 1 aliphatic heterocycles. The van der Waals surface area contributed by atoms with Crippen molar-refractivity contribution in [1.82, 2.24) is 4.72 Å². The lowest BCUT2D eigenvalue weighted by Crippen LogP contribution is -2.30. The molecule has 22 heavy (non-hydrogen) atoms. The Balaban J connectivity index is 1.94. The highest BCUT2D eigenvalue weighted by molar-refractivity contribution is 7.89. The molecule has 3 rings (SSSR count). The van der Waals surface area contributed by atoms with E-state index < -0.39 is 10.0 Å². The van der Waals surface area contributed by atoms with Crippen molar-refractivity contribution in [3.63, 3.8) is 0 Å². The van der Waals surface area contributed by atoms with E-state index in [1.54, 1.807) is 24.0 Å². The maximum Gasteiger partial charge on any atom is 0.253 e. The molecule has 1 aromatic carbocycles. The number of rotatable bonds is 4. The van der Waals surface area contributed by atoms with Crippen LogP contribution < -0.4 is 9.62 Å². The molecule has 1 amide bonds. The van der Waals surface area contributed by atoms with Gasteiger partial charge in [-0.3, -0.25) is 4.79 Å². The number of benzene rings is 1. The minimum Gasteiger partial charge on any atom is -0.308 e. The van der Waals surface area contributed by atoms with Crippen LogP contribution in [0.4, 0.5) is 5.69 Å². The van der Waals surface area contributed by atoms with Gasteiger partial charge < -0.3 is 4.90 Å². The fourth-order valence-corrected chi connectivity index (χ4v) is 4.11. The van der Waals surface area contributed by atoms with Crippen molar-refractivity contribution in [3.05, 3.63) is 35.4 Å². The summed E-state index contributed by atoms with van der Waals surface area (Å²) in [5, 5.41) is 0. The minimum absolute atomic E-state index is 0.0225. The lowest BCUT2D eigenvalue weighted by Gasteiger charge is -2.18. The van der Waals surface area contributed by atoms with Gasteiger partial charge in [-0.2, -0.15) is 0 Å². The second-order valence-electron chi connectivity index (χ2n) is 5.62. The van der Waals surface area contributed by atoms with Crippen LogP contribution in [-0.4, -0.2) is 27.4 Å². The molecule has 0 spiro atoms. The highest BCUT2D eigenvalue weighted by Gasteiger charge is 2.29. The third-order valence-electron chi connectivity index (χ3n) is 4.16. The number of nitrogens with one attached hydrogen (secondary N) is 1. The van der Waals surface area contributed by atoms with Gasteiger partial charge >= 0.3 is 0 Å². The highest BCUT2D eigenvalue weighted by atomic mass is 32.2. The van der Waals surface area contributed by atoms with Gasteiger partial charge in [0.15, 0.2) is 0 Å². The van der Waals surface area contributed by atoms with Crippen molar-refractivity contribution in [2.45, 2.75) is 37.5 Å². The maximum absolute atomic E-state index is 12.6. The Morgan fingerprint density at radius 2 is 2.14 bits per heavy atom. The number of carbonyl (C=O) groups is 1. The van der Waals surface area contributed by atoms with E-state index in [9.17, 15) is 13.2 Å². The standard InChI is InChI=1S/C16H20N2O3S/c1-2-17-22(20,21)14-8-7-12-9-10-18(15(12)11-14)16(19)13-5-3-4-6-13/h5,7-8,11,17H,2-4,6,9-10H2,1H3. The van der Waals surface area contributed by atoms with Crippen LogP contribution in [0.3, 0.4) is 0 Å². The summed E-state index contributed by atoms with van der Waals surface area (Å²) in [6.45, 7) is 2.71. The number of carbonyl (C=O) groups excluding carboxylic acids is 1. The van der Waals surface area contributed by atoms with Crippen molar-refractivity contribution in [2.75, 3.05) is 18.0 Å². The Hall–Kier alpha value is -1.66. The predicted molar refractivity (Wildman–Crippen MR) is 85.3 cm³/mol. The van der Waals surface area contributed by atoms with Gasteiger partial charge in [0.25, 0.3) is 5.91 Å². The molecular weight excluding hydrogens is 300 g/mol. The molecule has 0 aromatic heterocycles. The maximum atomic E-state index is 12.6. The highest BCUT2D eigenvalue weighted by Crippen LogP contribution is 2.33. The molecule has 0 bridgehead atoms. The molecule has 1 aromatic rings. The monoisotopic (exact) mass is 320 g/mol. The molecule has 1 N–H and O–H groups in total. The normalized spacial score (nSPS) is 17.5. The Labute approximate surface area is 131 Å². The van der Waals surface area contributed by atoms with E-state index >= 15 is 0 Å². The molecule has 5 nitrogen and oxygen atoms in total. The number of hydrogen-bond acceptors (Lipinski definition) is 3.